The van der Waals surface area contributed by atoms with E-state index in [1.165, 1.54) is 0 Å². The third-order valence-corrected chi connectivity index (χ3v) is 7.42. The molecule has 184 valence electrons. The van der Waals surface area contributed by atoms with Crippen LogP contribution in [0.3, 0.4) is 0 Å². The minimum absolute atomic E-state index is 0.00915. The molecule has 1 saturated heterocycles. The number of halogens is 1. The van der Waals surface area contributed by atoms with Crippen molar-refractivity contribution in [3.05, 3.63) is 112 Å². The molecule has 0 saturated carbocycles. The third-order valence-electron chi connectivity index (χ3n) is 6.89. The zero-order valence-corrected chi connectivity index (χ0v) is 21.6. The first-order valence-corrected chi connectivity index (χ1v) is 13.0. The maximum absolute atomic E-state index is 14.0. The molecule has 0 aromatic heterocycles. The van der Waals surface area contributed by atoms with Crippen LogP contribution in [0.2, 0.25) is 0 Å². The Morgan fingerprint density at radius 1 is 0.944 bits per heavy atom. The van der Waals surface area contributed by atoms with Gasteiger partial charge in [-0.15, -0.1) is 0 Å². The van der Waals surface area contributed by atoms with E-state index in [0.29, 0.717) is 18.7 Å². The predicted octanol–water partition coefficient (Wildman–Crippen LogP) is 5.64. The first kappa shape index (κ1) is 24.3. The van der Waals surface area contributed by atoms with Crippen molar-refractivity contribution >= 4 is 33.6 Å². The van der Waals surface area contributed by atoms with E-state index >= 15 is 0 Å². The van der Waals surface area contributed by atoms with Crippen molar-refractivity contribution in [1.82, 2.24) is 4.90 Å². The van der Waals surface area contributed by atoms with Gasteiger partial charge in [0, 0.05) is 28.5 Å². The number of ether oxygens (including phenoxy) is 2. The fourth-order valence-corrected chi connectivity index (χ4v) is 5.50. The van der Waals surface area contributed by atoms with Crippen molar-refractivity contribution in [1.29, 1.82) is 0 Å². The fraction of sp³-hybridized carbons (Fsp3) is 0.267. The van der Waals surface area contributed by atoms with Gasteiger partial charge in [0.2, 0.25) is 12.0 Å². The Kier molecular flexibility index (Phi) is 7.23. The average molecular weight is 546 g/mol. The molecule has 1 amide bonds. The van der Waals surface area contributed by atoms with E-state index in [0.717, 1.165) is 21.2 Å². The van der Waals surface area contributed by atoms with Crippen molar-refractivity contribution in [2.75, 3.05) is 6.61 Å². The van der Waals surface area contributed by atoms with Crippen molar-refractivity contribution in [3.8, 4) is 0 Å². The molecule has 0 N–H and O–H groups in total. The Morgan fingerprint density at radius 2 is 1.61 bits per heavy atom. The number of rotatable bonds is 7. The van der Waals surface area contributed by atoms with Gasteiger partial charge in [0.05, 0.1) is 12.5 Å². The number of carbonyl (C=O) groups excluding carboxylic acids is 2. The number of fused-ring (bicyclic) bond motifs is 1. The lowest BCUT2D eigenvalue weighted by atomic mass is 9.80. The molecule has 4 unspecified atom stereocenters. The number of amides is 1. The van der Waals surface area contributed by atoms with Gasteiger partial charge in [0.15, 0.2) is 0 Å². The second-order valence-electron chi connectivity index (χ2n) is 9.14. The van der Waals surface area contributed by atoms with Gasteiger partial charge in [0.25, 0.3) is 0 Å². The molecule has 0 bridgehead atoms. The largest absolute Gasteiger partial charge is 0.478 e. The maximum Gasteiger partial charge on any atom is 0.347 e. The average Bonchev–Trinajstić information content (AvgIpc) is 3.16. The van der Waals surface area contributed by atoms with Crippen LogP contribution >= 0.6 is 15.9 Å². The van der Waals surface area contributed by atoms with Gasteiger partial charge >= 0.3 is 5.97 Å². The van der Waals surface area contributed by atoms with Gasteiger partial charge in [-0.1, -0.05) is 88.7 Å². The molecular weight excluding hydrogens is 518 g/mol. The Balaban J connectivity index is 1.57. The molecule has 0 aliphatic carbocycles. The van der Waals surface area contributed by atoms with Gasteiger partial charge in [0.1, 0.15) is 5.76 Å². The molecule has 2 aliphatic rings. The van der Waals surface area contributed by atoms with Crippen LogP contribution in [0.4, 0.5) is 0 Å². The van der Waals surface area contributed by atoms with E-state index in [9.17, 15) is 9.59 Å². The summed E-state index contributed by atoms with van der Waals surface area (Å²) in [6.45, 7) is 2.49. The second kappa shape index (κ2) is 10.7. The molecule has 2 heterocycles. The van der Waals surface area contributed by atoms with Gasteiger partial charge < -0.3 is 14.4 Å². The summed E-state index contributed by atoms with van der Waals surface area (Å²) < 4.78 is 12.8. The summed E-state index contributed by atoms with van der Waals surface area (Å²) in [5.41, 5.74) is 2.98. The predicted molar refractivity (Wildman–Crippen MR) is 142 cm³/mol. The van der Waals surface area contributed by atoms with Gasteiger partial charge in [-0.2, -0.15) is 0 Å². The number of hydrogen-bond acceptors (Lipinski definition) is 4. The van der Waals surface area contributed by atoms with E-state index < -0.39 is 18.0 Å². The standard InChI is InChI=1S/C30H28BrNO4/c1-2-35-30(34)28-27-24(18-26(36-28)22-11-7-4-8-12-22)29(33)32(19-21-13-15-23(31)16-14-21)25(27)17-20-9-5-3-6-10-20/h3-16,18,24-25,27-28H,2,17,19H2,1H3. The van der Waals surface area contributed by atoms with Crippen LogP contribution in [0.5, 0.6) is 0 Å². The minimum atomic E-state index is -0.872. The van der Waals surface area contributed by atoms with Gasteiger partial charge in [-0.3, -0.25) is 4.79 Å². The Labute approximate surface area is 219 Å². The van der Waals surface area contributed by atoms with Crippen LogP contribution in [0, 0.1) is 11.8 Å². The highest BCUT2D eigenvalue weighted by atomic mass is 79.9. The van der Waals surface area contributed by atoms with E-state index in [4.69, 9.17) is 9.47 Å². The Hall–Kier alpha value is -3.38. The molecule has 3 aromatic rings. The number of likely N-dealkylation sites (tertiary alicyclic amines) is 1. The lowest BCUT2D eigenvalue weighted by molar-refractivity contribution is -0.157. The van der Waals surface area contributed by atoms with Crippen molar-refractivity contribution in [2.45, 2.75) is 32.0 Å². The Bertz CT molecular complexity index is 1240. The monoisotopic (exact) mass is 545 g/mol. The first-order valence-electron chi connectivity index (χ1n) is 12.2. The summed E-state index contributed by atoms with van der Waals surface area (Å²) in [4.78, 5) is 29.1. The Morgan fingerprint density at radius 3 is 2.28 bits per heavy atom. The normalized spacial score (nSPS) is 23.0. The quantitative estimate of drug-likeness (QED) is 0.360. The summed E-state index contributed by atoms with van der Waals surface area (Å²) in [5.74, 6) is -0.709. The number of carbonyl (C=O) groups is 2. The highest BCUT2D eigenvalue weighted by Crippen LogP contribution is 2.44. The molecule has 5 nitrogen and oxygen atoms in total. The van der Waals surface area contributed by atoms with Crippen LogP contribution in [-0.2, 0) is 32.0 Å². The van der Waals surface area contributed by atoms with E-state index in [1.54, 1.807) is 6.92 Å². The molecular formula is C30H28BrNO4. The lowest BCUT2D eigenvalue weighted by Gasteiger charge is -2.35. The van der Waals surface area contributed by atoms with E-state index in [1.807, 2.05) is 83.8 Å². The minimum Gasteiger partial charge on any atom is -0.478 e. The second-order valence-corrected chi connectivity index (χ2v) is 10.1. The molecule has 4 atom stereocenters. The van der Waals surface area contributed by atoms with E-state index in [-0.39, 0.29) is 24.5 Å². The molecule has 3 aromatic carbocycles. The van der Waals surface area contributed by atoms with Crippen LogP contribution in [-0.4, -0.2) is 35.5 Å². The number of benzene rings is 3. The smallest absolute Gasteiger partial charge is 0.347 e. The maximum atomic E-state index is 14.0. The molecule has 2 aliphatic heterocycles. The number of esters is 1. The van der Waals surface area contributed by atoms with Crippen molar-refractivity contribution < 1.29 is 19.1 Å². The zero-order valence-electron chi connectivity index (χ0n) is 20.0. The SMILES string of the molecule is CCOC(=O)C1OC(c2ccccc2)=CC2C(=O)N(Cc3ccc(Br)cc3)C(Cc3ccccc3)C21. The molecule has 6 heteroatoms. The van der Waals surface area contributed by atoms with Crippen LogP contribution in [0.1, 0.15) is 23.6 Å². The fourth-order valence-electron chi connectivity index (χ4n) is 5.24. The highest BCUT2D eigenvalue weighted by molar-refractivity contribution is 9.10. The highest BCUT2D eigenvalue weighted by Gasteiger charge is 2.55. The van der Waals surface area contributed by atoms with Crippen LogP contribution < -0.4 is 0 Å². The lowest BCUT2D eigenvalue weighted by Crippen LogP contribution is -2.45. The van der Waals surface area contributed by atoms with Crippen LogP contribution in [0.15, 0.2) is 95.5 Å². The molecule has 5 rings (SSSR count). The van der Waals surface area contributed by atoms with Crippen LogP contribution in [0.25, 0.3) is 5.76 Å². The van der Waals surface area contributed by atoms with E-state index in [2.05, 4.69) is 28.1 Å². The molecule has 0 radical (unpaired) electrons. The number of nitrogens with zero attached hydrogens (tertiary/aromatic N) is 1. The summed E-state index contributed by atoms with van der Waals surface area (Å²) >= 11 is 3.49. The molecule has 0 spiro atoms. The first-order chi connectivity index (χ1) is 17.5. The molecule has 36 heavy (non-hydrogen) atoms. The summed E-state index contributed by atoms with van der Waals surface area (Å²) in [6.07, 6.45) is 1.65. The molecule has 1 fully saturated rings. The number of hydrogen-bond donors (Lipinski definition) is 0. The summed E-state index contributed by atoms with van der Waals surface area (Å²) in [5, 5.41) is 0. The van der Waals surface area contributed by atoms with Gasteiger partial charge in [-0.05, 0) is 42.7 Å². The topological polar surface area (TPSA) is 55.8 Å². The zero-order chi connectivity index (χ0) is 25.1. The third kappa shape index (κ3) is 4.96. The summed E-state index contributed by atoms with van der Waals surface area (Å²) in [6, 6.07) is 27.5. The van der Waals surface area contributed by atoms with Gasteiger partial charge in [-0.25, -0.2) is 4.79 Å². The van der Waals surface area contributed by atoms with Crippen molar-refractivity contribution in [3.63, 3.8) is 0 Å². The van der Waals surface area contributed by atoms with Crippen molar-refractivity contribution in [2.24, 2.45) is 11.8 Å². The summed E-state index contributed by atoms with van der Waals surface area (Å²) in [7, 11) is 0.